The molecular weight excluding hydrogens is 194 g/mol. The van der Waals surface area contributed by atoms with Crippen LogP contribution in [-0.2, 0) is 14.3 Å². The van der Waals surface area contributed by atoms with Crippen molar-refractivity contribution in [1.82, 2.24) is 4.90 Å². The number of hydrogen-bond donors (Lipinski definition) is 0. The summed E-state index contributed by atoms with van der Waals surface area (Å²) < 4.78 is 10.6. The van der Waals surface area contributed by atoms with Gasteiger partial charge >= 0.3 is 0 Å². The lowest BCUT2D eigenvalue weighted by Gasteiger charge is -2.20. The maximum absolute atomic E-state index is 10.3. The molecule has 0 unspecified atom stereocenters. The summed E-state index contributed by atoms with van der Waals surface area (Å²) in [6.07, 6.45) is 1.53. The molecule has 0 heterocycles. The van der Waals surface area contributed by atoms with E-state index in [2.05, 4.69) is 4.90 Å². The van der Waals surface area contributed by atoms with E-state index in [1.54, 1.807) is 0 Å². The minimum atomic E-state index is 0.582. The first-order valence-electron chi connectivity index (χ1n) is 5.66. The molecule has 0 aliphatic carbocycles. The highest BCUT2D eigenvalue weighted by molar-refractivity contribution is 5.49. The average molecular weight is 217 g/mol. The van der Waals surface area contributed by atoms with Crippen LogP contribution in [0.4, 0.5) is 0 Å². The Bertz CT molecular complexity index is 132. The van der Waals surface area contributed by atoms with Crippen LogP contribution >= 0.6 is 0 Å². The SMILES string of the molecule is CCOCCN(CCC=O)CCOCC. The van der Waals surface area contributed by atoms with E-state index in [-0.39, 0.29) is 0 Å². The van der Waals surface area contributed by atoms with Crippen LogP contribution in [0, 0.1) is 0 Å². The Kier molecular flexibility index (Phi) is 11.3. The minimum Gasteiger partial charge on any atom is -0.380 e. The summed E-state index contributed by atoms with van der Waals surface area (Å²) >= 11 is 0. The fourth-order valence-electron chi connectivity index (χ4n) is 1.25. The van der Waals surface area contributed by atoms with Crippen LogP contribution < -0.4 is 0 Å². The third kappa shape index (κ3) is 9.85. The molecule has 4 heteroatoms. The van der Waals surface area contributed by atoms with Crippen LogP contribution in [-0.4, -0.2) is 57.2 Å². The normalized spacial score (nSPS) is 10.9. The molecule has 0 spiro atoms. The van der Waals surface area contributed by atoms with Gasteiger partial charge in [0.15, 0.2) is 0 Å². The van der Waals surface area contributed by atoms with Gasteiger partial charge in [0.25, 0.3) is 0 Å². The molecule has 0 atom stereocenters. The fourth-order valence-corrected chi connectivity index (χ4v) is 1.25. The predicted molar refractivity (Wildman–Crippen MR) is 60.1 cm³/mol. The van der Waals surface area contributed by atoms with E-state index in [1.807, 2.05) is 13.8 Å². The molecule has 4 nitrogen and oxygen atoms in total. The molecule has 0 bridgehead atoms. The van der Waals surface area contributed by atoms with Crippen molar-refractivity contribution in [3.05, 3.63) is 0 Å². The molecule has 0 aliphatic rings. The number of nitrogens with zero attached hydrogens (tertiary/aromatic N) is 1. The molecule has 0 fully saturated rings. The average Bonchev–Trinajstić information content (AvgIpc) is 2.25. The summed E-state index contributed by atoms with van der Waals surface area (Å²) in [6.45, 7) is 9.43. The van der Waals surface area contributed by atoms with Gasteiger partial charge in [0.05, 0.1) is 13.2 Å². The van der Waals surface area contributed by atoms with Gasteiger partial charge in [-0.3, -0.25) is 4.90 Å². The molecule has 15 heavy (non-hydrogen) atoms. The first kappa shape index (κ1) is 14.6. The van der Waals surface area contributed by atoms with E-state index in [9.17, 15) is 4.79 Å². The number of aldehydes is 1. The van der Waals surface area contributed by atoms with Crippen molar-refractivity contribution >= 4 is 6.29 Å². The third-order valence-electron chi connectivity index (χ3n) is 2.08. The second kappa shape index (κ2) is 11.6. The van der Waals surface area contributed by atoms with Crippen molar-refractivity contribution in [2.45, 2.75) is 20.3 Å². The molecule has 0 amide bonds. The van der Waals surface area contributed by atoms with Gasteiger partial charge in [0, 0.05) is 39.3 Å². The van der Waals surface area contributed by atoms with Crippen molar-refractivity contribution in [2.75, 3.05) is 46.1 Å². The van der Waals surface area contributed by atoms with Crippen molar-refractivity contribution in [1.29, 1.82) is 0 Å². The topological polar surface area (TPSA) is 38.8 Å². The van der Waals surface area contributed by atoms with E-state index in [1.165, 1.54) is 0 Å². The monoisotopic (exact) mass is 217 g/mol. The molecule has 0 aromatic heterocycles. The lowest BCUT2D eigenvalue weighted by molar-refractivity contribution is -0.108. The van der Waals surface area contributed by atoms with Crippen molar-refractivity contribution in [3.8, 4) is 0 Å². The smallest absolute Gasteiger partial charge is 0.121 e. The van der Waals surface area contributed by atoms with Crippen molar-refractivity contribution in [2.24, 2.45) is 0 Å². The van der Waals surface area contributed by atoms with Crippen LogP contribution in [0.5, 0.6) is 0 Å². The Labute approximate surface area is 92.5 Å². The van der Waals surface area contributed by atoms with Gasteiger partial charge in [0.2, 0.25) is 0 Å². The van der Waals surface area contributed by atoms with Crippen LogP contribution in [0.1, 0.15) is 20.3 Å². The minimum absolute atomic E-state index is 0.582. The van der Waals surface area contributed by atoms with E-state index in [0.29, 0.717) is 6.42 Å². The number of carbonyl (C=O) groups is 1. The Morgan fingerprint density at radius 3 is 1.93 bits per heavy atom. The van der Waals surface area contributed by atoms with Crippen LogP contribution in [0.2, 0.25) is 0 Å². The zero-order valence-corrected chi connectivity index (χ0v) is 9.91. The molecule has 0 saturated heterocycles. The molecule has 90 valence electrons. The van der Waals surface area contributed by atoms with Gasteiger partial charge in [0.1, 0.15) is 6.29 Å². The number of carbonyl (C=O) groups excluding carboxylic acids is 1. The Balaban J connectivity index is 3.57. The number of rotatable bonds is 11. The van der Waals surface area contributed by atoms with Crippen LogP contribution in [0.3, 0.4) is 0 Å². The second-order valence-electron chi connectivity index (χ2n) is 3.19. The third-order valence-corrected chi connectivity index (χ3v) is 2.08. The largest absolute Gasteiger partial charge is 0.380 e. The number of hydrogen-bond acceptors (Lipinski definition) is 4. The first-order chi connectivity index (χ1) is 7.35. The van der Waals surface area contributed by atoms with Crippen molar-refractivity contribution < 1.29 is 14.3 Å². The summed E-state index contributed by atoms with van der Waals surface area (Å²) in [4.78, 5) is 12.5. The predicted octanol–water partition coefficient (Wildman–Crippen LogP) is 0.950. The zero-order valence-electron chi connectivity index (χ0n) is 9.91. The summed E-state index contributed by atoms with van der Waals surface area (Å²) in [6, 6.07) is 0. The second-order valence-corrected chi connectivity index (χ2v) is 3.19. The Morgan fingerprint density at radius 2 is 1.53 bits per heavy atom. The quantitative estimate of drug-likeness (QED) is 0.381. The maximum atomic E-state index is 10.3. The highest BCUT2D eigenvalue weighted by Gasteiger charge is 2.03. The van der Waals surface area contributed by atoms with Crippen LogP contribution in [0.25, 0.3) is 0 Å². The number of ether oxygens (including phenoxy) is 2. The fraction of sp³-hybridized carbons (Fsp3) is 0.909. The van der Waals surface area contributed by atoms with Gasteiger partial charge in [-0.25, -0.2) is 0 Å². The van der Waals surface area contributed by atoms with E-state index in [4.69, 9.17) is 9.47 Å². The summed E-state index contributed by atoms with van der Waals surface area (Å²) in [5, 5.41) is 0. The molecule has 0 saturated carbocycles. The highest BCUT2D eigenvalue weighted by Crippen LogP contribution is 1.91. The first-order valence-corrected chi connectivity index (χ1v) is 5.66. The van der Waals surface area contributed by atoms with Gasteiger partial charge in [-0.05, 0) is 13.8 Å². The maximum Gasteiger partial charge on any atom is 0.121 e. The van der Waals surface area contributed by atoms with E-state index in [0.717, 1.165) is 52.3 Å². The molecule has 0 rings (SSSR count). The van der Waals surface area contributed by atoms with Crippen molar-refractivity contribution in [3.63, 3.8) is 0 Å². The summed E-state index contributed by atoms with van der Waals surface area (Å²) in [5.41, 5.74) is 0. The molecule has 0 aromatic rings. The zero-order chi connectivity index (χ0) is 11.4. The van der Waals surface area contributed by atoms with E-state index < -0.39 is 0 Å². The van der Waals surface area contributed by atoms with E-state index >= 15 is 0 Å². The Hall–Kier alpha value is -0.450. The van der Waals surface area contributed by atoms with Gasteiger partial charge in [-0.15, -0.1) is 0 Å². The lowest BCUT2D eigenvalue weighted by Crippen LogP contribution is -2.32. The molecule has 0 radical (unpaired) electrons. The van der Waals surface area contributed by atoms with Crippen LogP contribution in [0.15, 0.2) is 0 Å². The molecular formula is C11H23NO3. The van der Waals surface area contributed by atoms with Gasteiger partial charge in [-0.2, -0.15) is 0 Å². The van der Waals surface area contributed by atoms with Gasteiger partial charge < -0.3 is 14.3 Å². The Morgan fingerprint density at radius 1 is 1.00 bits per heavy atom. The standard InChI is InChI=1S/C11H23NO3/c1-3-14-10-7-12(6-5-9-13)8-11-15-4-2/h9H,3-8,10-11H2,1-2H3. The molecule has 0 aromatic carbocycles. The summed E-state index contributed by atoms with van der Waals surface area (Å²) in [5.74, 6) is 0. The summed E-state index contributed by atoms with van der Waals surface area (Å²) in [7, 11) is 0. The molecule has 0 N–H and O–H groups in total. The highest BCUT2D eigenvalue weighted by atomic mass is 16.5. The van der Waals surface area contributed by atoms with Gasteiger partial charge in [-0.1, -0.05) is 0 Å². The molecule has 0 aliphatic heterocycles. The lowest BCUT2D eigenvalue weighted by atomic mass is 10.4.